The summed E-state index contributed by atoms with van der Waals surface area (Å²) in [6.45, 7) is 5.23. The molecule has 0 spiro atoms. The second-order valence-corrected chi connectivity index (χ2v) is 7.83. The van der Waals surface area contributed by atoms with Gasteiger partial charge in [-0.15, -0.1) is 11.3 Å². The molecule has 0 aliphatic rings. The number of hydrogen-bond acceptors (Lipinski definition) is 5. The van der Waals surface area contributed by atoms with Crippen LogP contribution < -0.4 is 4.72 Å². The Morgan fingerprint density at radius 3 is 2.68 bits per heavy atom. The molecule has 0 atom stereocenters. The van der Waals surface area contributed by atoms with Crippen molar-refractivity contribution in [3.8, 4) is 0 Å². The summed E-state index contributed by atoms with van der Waals surface area (Å²) in [6.07, 6.45) is 0.496. The van der Waals surface area contributed by atoms with Gasteiger partial charge in [-0.3, -0.25) is 0 Å². The first kappa shape index (κ1) is 16.6. The van der Waals surface area contributed by atoms with E-state index in [9.17, 15) is 8.42 Å². The smallest absolute Gasteiger partial charge is 0.250 e. The number of aliphatic hydroxyl groups excluding tert-OH is 1. The fourth-order valence-corrected chi connectivity index (χ4v) is 3.84. The van der Waals surface area contributed by atoms with E-state index in [-0.39, 0.29) is 6.61 Å². The largest absolute Gasteiger partial charge is 0.396 e. The Morgan fingerprint density at radius 2 is 2.11 bits per heavy atom. The highest BCUT2D eigenvalue weighted by Gasteiger charge is 2.16. The zero-order valence-electron chi connectivity index (χ0n) is 11.6. The number of nitrogens with zero attached hydrogens (tertiary/aromatic N) is 1. The molecule has 0 bridgehead atoms. The minimum absolute atomic E-state index is 0.0343. The Labute approximate surface area is 119 Å². The molecule has 0 saturated carbocycles. The maximum absolute atomic E-state index is 12.0. The molecule has 0 unspecified atom stereocenters. The number of nitrogens with one attached hydrogen (secondary N) is 1. The van der Waals surface area contributed by atoms with Gasteiger partial charge in [0, 0.05) is 37.0 Å². The van der Waals surface area contributed by atoms with E-state index in [4.69, 9.17) is 5.11 Å². The van der Waals surface area contributed by atoms with Crippen LogP contribution in [0, 0.1) is 0 Å². The number of aliphatic hydroxyl groups is 1. The van der Waals surface area contributed by atoms with Crippen molar-refractivity contribution >= 4 is 21.4 Å². The molecule has 110 valence electrons. The van der Waals surface area contributed by atoms with Gasteiger partial charge in [0.05, 0.1) is 0 Å². The highest BCUT2D eigenvalue weighted by Crippen LogP contribution is 2.21. The van der Waals surface area contributed by atoms with E-state index in [1.807, 2.05) is 7.05 Å². The Hall–Kier alpha value is -0.470. The highest BCUT2D eigenvalue weighted by molar-refractivity contribution is 7.91. The average molecular weight is 306 g/mol. The minimum Gasteiger partial charge on any atom is -0.396 e. The molecule has 1 aromatic heterocycles. The average Bonchev–Trinajstić information content (AvgIpc) is 2.78. The lowest BCUT2D eigenvalue weighted by molar-refractivity contribution is 0.278. The number of sulfonamides is 1. The molecule has 5 nitrogen and oxygen atoms in total. The summed E-state index contributed by atoms with van der Waals surface area (Å²) in [5, 5.41) is 8.82. The van der Waals surface area contributed by atoms with Crippen LogP contribution in [0.2, 0.25) is 0 Å². The van der Waals surface area contributed by atoms with Crippen LogP contribution in [0.3, 0.4) is 0 Å². The summed E-state index contributed by atoms with van der Waals surface area (Å²) < 4.78 is 26.9. The first-order chi connectivity index (χ1) is 8.86. The van der Waals surface area contributed by atoms with Crippen molar-refractivity contribution in [2.24, 2.45) is 0 Å². The van der Waals surface area contributed by atoms with Crippen molar-refractivity contribution in [3.05, 3.63) is 17.0 Å². The van der Waals surface area contributed by atoms with Crippen LogP contribution in [0.15, 0.2) is 16.3 Å². The monoisotopic (exact) mass is 306 g/mol. The zero-order chi connectivity index (χ0) is 14.5. The standard InChI is InChI=1S/C12H22N2O3S2/c1-10(2)14(3)8-7-13-19(16,17)12-5-4-11(18-12)6-9-15/h4-5,10,13,15H,6-9H2,1-3H3. The van der Waals surface area contributed by atoms with Crippen LogP contribution in [-0.2, 0) is 16.4 Å². The third kappa shape index (κ3) is 5.19. The number of thiophene rings is 1. The summed E-state index contributed by atoms with van der Waals surface area (Å²) in [5.41, 5.74) is 0. The molecule has 0 amide bonds. The maximum Gasteiger partial charge on any atom is 0.250 e. The van der Waals surface area contributed by atoms with Gasteiger partial charge in [0.2, 0.25) is 10.0 Å². The zero-order valence-corrected chi connectivity index (χ0v) is 13.2. The van der Waals surface area contributed by atoms with E-state index in [0.717, 1.165) is 4.88 Å². The predicted molar refractivity (Wildman–Crippen MR) is 78.1 cm³/mol. The summed E-state index contributed by atoms with van der Waals surface area (Å²) in [6, 6.07) is 3.72. The van der Waals surface area contributed by atoms with Crippen molar-refractivity contribution in [2.75, 3.05) is 26.7 Å². The van der Waals surface area contributed by atoms with Gasteiger partial charge in [0.25, 0.3) is 0 Å². The summed E-state index contributed by atoms with van der Waals surface area (Å²) in [7, 11) is -1.46. The molecular formula is C12H22N2O3S2. The molecule has 0 radical (unpaired) electrons. The molecule has 1 aromatic rings. The van der Waals surface area contributed by atoms with Gasteiger partial charge in [-0.05, 0) is 33.0 Å². The lowest BCUT2D eigenvalue weighted by Crippen LogP contribution is -2.35. The van der Waals surface area contributed by atoms with Gasteiger partial charge in [-0.25, -0.2) is 13.1 Å². The quantitative estimate of drug-likeness (QED) is 0.749. The Balaban J connectivity index is 2.55. The van der Waals surface area contributed by atoms with Crippen molar-refractivity contribution in [1.82, 2.24) is 9.62 Å². The molecule has 1 rings (SSSR count). The lowest BCUT2D eigenvalue weighted by Gasteiger charge is -2.20. The van der Waals surface area contributed by atoms with Gasteiger partial charge in [-0.1, -0.05) is 0 Å². The van der Waals surface area contributed by atoms with Crippen LogP contribution in [0.4, 0.5) is 0 Å². The Morgan fingerprint density at radius 1 is 1.42 bits per heavy atom. The first-order valence-corrected chi connectivity index (χ1v) is 8.56. The predicted octanol–water partition coefficient (Wildman–Crippen LogP) is 0.901. The summed E-state index contributed by atoms with van der Waals surface area (Å²) in [4.78, 5) is 2.95. The van der Waals surface area contributed by atoms with Crippen LogP contribution in [-0.4, -0.2) is 51.2 Å². The van der Waals surface area contributed by atoms with E-state index < -0.39 is 10.0 Å². The minimum atomic E-state index is -3.42. The third-order valence-electron chi connectivity index (χ3n) is 2.90. The SMILES string of the molecule is CC(C)N(C)CCNS(=O)(=O)c1ccc(CCO)s1. The molecular weight excluding hydrogens is 284 g/mol. The number of likely N-dealkylation sites (N-methyl/N-ethyl adjacent to an activating group) is 1. The third-order valence-corrected chi connectivity index (χ3v) is 6.00. The van der Waals surface area contributed by atoms with Crippen LogP contribution in [0.25, 0.3) is 0 Å². The Kier molecular flexibility index (Phi) is 6.41. The van der Waals surface area contributed by atoms with Gasteiger partial charge < -0.3 is 10.0 Å². The second kappa shape index (κ2) is 7.35. The van der Waals surface area contributed by atoms with E-state index in [1.165, 1.54) is 11.3 Å². The molecule has 2 N–H and O–H groups in total. The van der Waals surface area contributed by atoms with Crippen molar-refractivity contribution in [1.29, 1.82) is 0 Å². The lowest BCUT2D eigenvalue weighted by atomic mass is 10.3. The van der Waals surface area contributed by atoms with E-state index >= 15 is 0 Å². The first-order valence-electron chi connectivity index (χ1n) is 6.26. The number of hydrogen-bond donors (Lipinski definition) is 2. The van der Waals surface area contributed by atoms with Crippen LogP contribution in [0.1, 0.15) is 18.7 Å². The maximum atomic E-state index is 12.0. The normalized spacial score (nSPS) is 12.5. The fraction of sp³-hybridized carbons (Fsp3) is 0.667. The van der Waals surface area contributed by atoms with Crippen molar-refractivity contribution in [3.63, 3.8) is 0 Å². The summed E-state index contributed by atoms with van der Waals surface area (Å²) >= 11 is 1.21. The van der Waals surface area contributed by atoms with Gasteiger partial charge in [0.15, 0.2) is 0 Å². The molecule has 0 fully saturated rings. The highest BCUT2D eigenvalue weighted by atomic mass is 32.2. The van der Waals surface area contributed by atoms with E-state index in [2.05, 4.69) is 23.5 Å². The van der Waals surface area contributed by atoms with E-state index in [1.54, 1.807) is 12.1 Å². The van der Waals surface area contributed by atoms with Gasteiger partial charge in [0.1, 0.15) is 4.21 Å². The second-order valence-electron chi connectivity index (χ2n) is 4.67. The van der Waals surface area contributed by atoms with Crippen molar-refractivity contribution in [2.45, 2.75) is 30.5 Å². The number of rotatable bonds is 8. The van der Waals surface area contributed by atoms with Crippen LogP contribution >= 0.6 is 11.3 Å². The molecule has 0 saturated heterocycles. The molecule has 1 heterocycles. The molecule has 0 aliphatic carbocycles. The van der Waals surface area contributed by atoms with Gasteiger partial charge in [-0.2, -0.15) is 0 Å². The summed E-state index contributed by atoms with van der Waals surface area (Å²) in [5.74, 6) is 0. The van der Waals surface area contributed by atoms with Crippen molar-refractivity contribution < 1.29 is 13.5 Å². The molecule has 7 heteroatoms. The molecule has 19 heavy (non-hydrogen) atoms. The topological polar surface area (TPSA) is 69.6 Å². The molecule has 0 aromatic carbocycles. The van der Waals surface area contributed by atoms with E-state index in [0.29, 0.717) is 29.8 Å². The van der Waals surface area contributed by atoms with Crippen LogP contribution in [0.5, 0.6) is 0 Å². The fourth-order valence-electron chi connectivity index (χ4n) is 1.43. The Bertz CT molecular complexity index is 483. The van der Waals surface area contributed by atoms with Gasteiger partial charge >= 0.3 is 0 Å². The molecule has 0 aliphatic heterocycles.